The SMILES string of the molecule is CN1C(=O)/C(=C\c2ccc3c(c2)OCO3)N=C1Nc1cccc(CO)c1. The molecule has 0 unspecified atom stereocenters. The van der Waals surface area contributed by atoms with Crippen LogP contribution < -0.4 is 14.8 Å². The van der Waals surface area contributed by atoms with Gasteiger partial charge in [-0.05, 0) is 41.5 Å². The van der Waals surface area contributed by atoms with E-state index in [4.69, 9.17) is 9.47 Å². The Balaban J connectivity index is 1.60. The Bertz CT molecular complexity index is 936. The highest BCUT2D eigenvalue weighted by Gasteiger charge is 2.27. The van der Waals surface area contributed by atoms with Crippen molar-refractivity contribution >= 4 is 23.6 Å². The maximum Gasteiger partial charge on any atom is 0.279 e. The lowest BCUT2D eigenvalue weighted by atomic mass is 10.1. The minimum Gasteiger partial charge on any atom is -0.454 e. The lowest BCUT2D eigenvalue weighted by molar-refractivity contribution is -0.121. The lowest BCUT2D eigenvalue weighted by Crippen LogP contribution is -2.32. The van der Waals surface area contributed by atoms with Gasteiger partial charge in [0.25, 0.3) is 5.91 Å². The van der Waals surface area contributed by atoms with Crippen LogP contribution in [0, 0.1) is 0 Å². The third kappa shape index (κ3) is 3.00. The molecule has 7 heteroatoms. The second-order valence-corrected chi connectivity index (χ2v) is 5.93. The third-order valence-corrected chi connectivity index (χ3v) is 4.13. The fourth-order valence-corrected chi connectivity index (χ4v) is 2.75. The second-order valence-electron chi connectivity index (χ2n) is 5.93. The number of nitrogens with one attached hydrogen (secondary N) is 1. The number of ether oxygens (including phenoxy) is 2. The van der Waals surface area contributed by atoms with E-state index in [9.17, 15) is 9.90 Å². The van der Waals surface area contributed by atoms with E-state index in [1.54, 1.807) is 25.3 Å². The number of fused-ring (bicyclic) bond motifs is 1. The van der Waals surface area contributed by atoms with Crippen molar-refractivity contribution in [3.63, 3.8) is 0 Å². The molecule has 0 bridgehead atoms. The number of hydrogen-bond acceptors (Lipinski definition) is 6. The van der Waals surface area contributed by atoms with E-state index in [-0.39, 0.29) is 19.3 Å². The Labute approximate surface area is 150 Å². The standard InChI is InChI=1S/C19H17N3O4/c1-22-18(24)15(8-12-5-6-16-17(9-12)26-11-25-16)21-19(22)20-14-4-2-3-13(7-14)10-23/h2-9,23H,10-11H2,1H3,(H,20,21)/b15-8+. The molecule has 2 aliphatic heterocycles. The monoisotopic (exact) mass is 351 g/mol. The van der Waals surface area contributed by atoms with E-state index in [1.165, 1.54) is 4.90 Å². The third-order valence-electron chi connectivity index (χ3n) is 4.13. The zero-order chi connectivity index (χ0) is 18.1. The van der Waals surface area contributed by atoms with Gasteiger partial charge in [0.05, 0.1) is 6.61 Å². The predicted octanol–water partition coefficient (Wildman–Crippen LogP) is 2.19. The molecular formula is C19H17N3O4. The quantitative estimate of drug-likeness (QED) is 0.828. The van der Waals surface area contributed by atoms with Crippen LogP contribution in [0.4, 0.5) is 5.69 Å². The van der Waals surface area contributed by atoms with Gasteiger partial charge in [-0.2, -0.15) is 0 Å². The number of guanidine groups is 1. The van der Waals surface area contributed by atoms with Gasteiger partial charge in [0.15, 0.2) is 11.5 Å². The summed E-state index contributed by atoms with van der Waals surface area (Å²) in [6.07, 6.45) is 1.71. The van der Waals surface area contributed by atoms with Crippen molar-refractivity contribution in [2.45, 2.75) is 6.61 Å². The van der Waals surface area contributed by atoms with Gasteiger partial charge < -0.3 is 19.9 Å². The first-order valence-electron chi connectivity index (χ1n) is 8.09. The topological polar surface area (TPSA) is 83.4 Å². The average molecular weight is 351 g/mol. The maximum atomic E-state index is 12.5. The molecule has 0 radical (unpaired) electrons. The van der Waals surface area contributed by atoms with Gasteiger partial charge in [-0.3, -0.25) is 9.69 Å². The zero-order valence-corrected chi connectivity index (χ0v) is 14.1. The number of likely N-dealkylation sites (N-methyl/N-ethyl adjacent to an activating group) is 1. The summed E-state index contributed by atoms with van der Waals surface area (Å²) in [5.41, 5.74) is 2.66. The van der Waals surface area contributed by atoms with Crippen LogP contribution in [0.25, 0.3) is 6.08 Å². The molecule has 2 heterocycles. The normalized spacial score (nSPS) is 17.0. The van der Waals surface area contributed by atoms with Crippen LogP contribution in [0.5, 0.6) is 11.5 Å². The molecular weight excluding hydrogens is 334 g/mol. The fourth-order valence-electron chi connectivity index (χ4n) is 2.75. The van der Waals surface area contributed by atoms with Crippen LogP contribution in [-0.4, -0.2) is 35.7 Å². The van der Waals surface area contributed by atoms with Crippen molar-refractivity contribution in [3.8, 4) is 11.5 Å². The molecule has 2 N–H and O–H groups in total. The summed E-state index contributed by atoms with van der Waals surface area (Å²) in [5, 5.41) is 12.4. The van der Waals surface area contributed by atoms with Crippen molar-refractivity contribution in [2.24, 2.45) is 4.99 Å². The summed E-state index contributed by atoms with van der Waals surface area (Å²) in [5.74, 6) is 1.57. The number of rotatable bonds is 3. The lowest BCUT2D eigenvalue weighted by Gasteiger charge is -2.13. The largest absolute Gasteiger partial charge is 0.454 e. The molecule has 2 aromatic rings. The molecule has 132 valence electrons. The van der Waals surface area contributed by atoms with Crippen molar-refractivity contribution in [3.05, 3.63) is 59.3 Å². The Morgan fingerprint density at radius 3 is 2.92 bits per heavy atom. The zero-order valence-electron chi connectivity index (χ0n) is 14.1. The highest BCUT2D eigenvalue weighted by molar-refractivity contribution is 6.17. The van der Waals surface area contributed by atoms with Crippen molar-refractivity contribution in [1.29, 1.82) is 0 Å². The molecule has 0 saturated heterocycles. The number of hydrogen-bond donors (Lipinski definition) is 2. The van der Waals surface area contributed by atoms with Crippen molar-refractivity contribution in [2.75, 3.05) is 19.2 Å². The van der Waals surface area contributed by atoms with E-state index in [1.807, 2.05) is 30.3 Å². The molecule has 0 saturated carbocycles. The number of aliphatic imine (C=N–C) groups is 1. The van der Waals surface area contributed by atoms with Crippen LogP contribution in [0.3, 0.4) is 0 Å². The van der Waals surface area contributed by atoms with E-state index < -0.39 is 0 Å². The van der Waals surface area contributed by atoms with E-state index >= 15 is 0 Å². The number of aliphatic hydroxyl groups excluding tert-OH is 1. The van der Waals surface area contributed by atoms with Crippen LogP contribution in [0.15, 0.2) is 53.2 Å². The van der Waals surface area contributed by atoms with E-state index in [0.29, 0.717) is 23.2 Å². The molecule has 4 rings (SSSR count). The highest BCUT2D eigenvalue weighted by Crippen LogP contribution is 2.33. The molecule has 2 aromatic carbocycles. The summed E-state index contributed by atoms with van der Waals surface area (Å²) in [6.45, 7) is 0.155. The predicted molar refractivity (Wildman–Crippen MR) is 96.7 cm³/mol. The molecule has 0 aromatic heterocycles. The smallest absolute Gasteiger partial charge is 0.279 e. The van der Waals surface area contributed by atoms with Gasteiger partial charge in [0.1, 0.15) is 5.70 Å². The maximum absolute atomic E-state index is 12.5. The average Bonchev–Trinajstić information content (AvgIpc) is 3.22. The van der Waals surface area contributed by atoms with Gasteiger partial charge in [-0.25, -0.2) is 4.99 Å². The molecule has 26 heavy (non-hydrogen) atoms. The Morgan fingerprint density at radius 1 is 1.23 bits per heavy atom. The summed E-state index contributed by atoms with van der Waals surface area (Å²) < 4.78 is 10.6. The van der Waals surface area contributed by atoms with Gasteiger partial charge in [0.2, 0.25) is 12.8 Å². The van der Waals surface area contributed by atoms with Gasteiger partial charge >= 0.3 is 0 Å². The number of carbonyl (C=O) groups excluding carboxylic acids is 1. The summed E-state index contributed by atoms with van der Waals surface area (Å²) in [4.78, 5) is 18.3. The van der Waals surface area contributed by atoms with Gasteiger partial charge in [-0.15, -0.1) is 0 Å². The summed E-state index contributed by atoms with van der Waals surface area (Å²) in [7, 11) is 1.66. The highest BCUT2D eigenvalue weighted by atomic mass is 16.7. The first-order valence-corrected chi connectivity index (χ1v) is 8.09. The van der Waals surface area contributed by atoms with E-state index in [0.717, 1.165) is 16.8 Å². The van der Waals surface area contributed by atoms with Crippen molar-refractivity contribution < 1.29 is 19.4 Å². The molecule has 1 amide bonds. The summed E-state index contributed by atoms with van der Waals surface area (Å²) in [6, 6.07) is 12.8. The Hall–Kier alpha value is -3.32. The number of benzene rings is 2. The van der Waals surface area contributed by atoms with Crippen LogP contribution in [0.1, 0.15) is 11.1 Å². The molecule has 0 atom stereocenters. The molecule has 2 aliphatic rings. The molecule has 0 fully saturated rings. The summed E-state index contributed by atoms with van der Waals surface area (Å²) >= 11 is 0. The Morgan fingerprint density at radius 2 is 2.08 bits per heavy atom. The second kappa shape index (κ2) is 6.53. The first-order chi connectivity index (χ1) is 12.6. The van der Waals surface area contributed by atoms with Gasteiger partial charge in [-0.1, -0.05) is 18.2 Å². The van der Waals surface area contributed by atoms with Gasteiger partial charge in [0, 0.05) is 12.7 Å². The number of carbonyl (C=O) groups is 1. The molecule has 0 spiro atoms. The molecule has 7 nitrogen and oxygen atoms in total. The van der Waals surface area contributed by atoms with Crippen LogP contribution >= 0.6 is 0 Å². The number of amides is 1. The van der Waals surface area contributed by atoms with Crippen molar-refractivity contribution in [1.82, 2.24) is 4.90 Å². The minimum atomic E-state index is -0.205. The first kappa shape index (κ1) is 16.2. The molecule has 0 aliphatic carbocycles. The van der Waals surface area contributed by atoms with Crippen LogP contribution in [-0.2, 0) is 11.4 Å². The fraction of sp³-hybridized carbons (Fsp3) is 0.158. The number of nitrogens with zero attached hydrogens (tertiary/aromatic N) is 2. The number of aliphatic hydroxyl groups is 1. The van der Waals surface area contributed by atoms with Crippen LogP contribution in [0.2, 0.25) is 0 Å². The number of anilines is 1. The van der Waals surface area contributed by atoms with E-state index in [2.05, 4.69) is 10.3 Å². The Kier molecular flexibility index (Phi) is 4.06. The minimum absolute atomic E-state index is 0.0496.